The Morgan fingerprint density at radius 1 is 1.13 bits per heavy atom. The van der Waals surface area contributed by atoms with Crippen LogP contribution in [0.5, 0.6) is 0 Å². The summed E-state index contributed by atoms with van der Waals surface area (Å²) in [5.41, 5.74) is 0.671. The standard InChI is InChI=1S/C23H23N3O4S/c1-15-19-21(24-18-9-3-2-4-10-26(18)22(19)27)31-20(15)23(28)25(13-16-7-5-11-29-16)14-17-8-6-12-30-17/h5-8,11-12H,2-4,9-10,13-14H2,1H3. The highest BCUT2D eigenvalue weighted by Gasteiger charge is 2.26. The lowest BCUT2D eigenvalue weighted by molar-refractivity contribution is 0.0709. The Bertz CT molecular complexity index is 1230. The molecule has 0 aromatic carbocycles. The molecule has 0 fully saturated rings. The number of rotatable bonds is 5. The summed E-state index contributed by atoms with van der Waals surface area (Å²) in [6.07, 6.45) is 7.10. The minimum absolute atomic E-state index is 0.0293. The van der Waals surface area contributed by atoms with E-state index in [2.05, 4.69) is 0 Å². The van der Waals surface area contributed by atoms with E-state index in [1.165, 1.54) is 11.3 Å². The van der Waals surface area contributed by atoms with E-state index in [1.54, 1.807) is 34.1 Å². The number of thiophene rings is 1. The van der Waals surface area contributed by atoms with Crippen LogP contribution < -0.4 is 5.56 Å². The Morgan fingerprint density at radius 2 is 1.84 bits per heavy atom. The van der Waals surface area contributed by atoms with Gasteiger partial charge in [0.1, 0.15) is 22.2 Å². The minimum atomic E-state index is -0.159. The van der Waals surface area contributed by atoms with Crippen LogP contribution in [0.2, 0.25) is 0 Å². The van der Waals surface area contributed by atoms with Gasteiger partial charge in [0.2, 0.25) is 0 Å². The molecule has 0 atom stereocenters. The highest BCUT2D eigenvalue weighted by Crippen LogP contribution is 2.30. The molecule has 7 nitrogen and oxygen atoms in total. The van der Waals surface area contributed by atoms with Crippen molar-refractivity contribution in [2.45, 2.75) is 52.2 Å². The molecule has 8 heteroatoms. The van der Waals surface area contributed by atoms with Crippen LogP contribution in [0.3, 0.4) is 0 Å². The van der Waals surface area contributed by atoms with Crippen LogP contribution in [0.4, 0.5) is 0 Å². The number of aryl methyl sites for hydroxylation is 2. The zero-order chi connectivity index (χ0) is 21.4. The van der Waals surface area contributed by atoms with Crippen molar-refractivity contribution in [2.75, 3.05) is 0 Å². The monoisotopic (exact) mass is 437 g/mol. The summed E-state index contributed by atoms with van der Waals surface area (Å²) in [4.78, 5) is 34.5. The third-order valence-corrected chi connectivity index (χ3v) is 6.92. The van der Waals surface area contributed by atoms with Gasteiger partial charge in [-0.05, 0) is 49.6 Å². The predicted octanol–water partition coefficient (Wildman–Crippen LogP) is 4.52. The third kappa shape index (κ3) is 3.72. The number of carbonyl (C=O) groups is 1. The molecule has 4 aromatic rings. The lowest BCUT2D eigenvalue weighted by Gasteiger charge is -2.20. The quantitative estimate of drug-likeness (QED) is 0.458. The molecular weight excluding hydrogens is 414 g/mol. The second kappa shape index (κ2) is 8.19. The number of aromatic nitrogens is 2. The molecule has 160 valence electrons. The fourth-order valence-electron chi connectivity index (χ4n) is 4.14. The molecule has 1 aliphatic heterocycles. The SMILES string of the molecule is Cc1c(C(=O)N(Cc2ccco2)Cc2ccco2)sc2nc3n(c(=O)c12)CCCCC3. The summed E-state index contributed by atoms with van der Waals surface area (Å²) >= 11 is 1.30. The van der Waals surface area contributed by atoms with E-state index in [0.717, 1.165) is 31.5 Å². The van der Waals surface area contributed by atoms with Crippen molar-refractivity contribution in [3.8, 4) is 0 Å². The molecule has 4 aromatic heterocycles. The van der Waals surface area contributed by atoms with Crippen LogP contribution in [0, 0.1) is 6.92 Å². The maximum atomic E-state index is 13.6. The van der Waals surface area contributed by atoms with Crippen LogP contribution in [0.25, 0.3) is 10.2 Å². The van der Waals surface area contributed by atoms with Crippen molar-refractivity contribution in [3.05, 3.63) is 74.9 Å². The average molecular weight is 438 g/mol. The van der Waals surface area contributed by atoms with E-state index in [4.69, 9.17) is 13.8 Å². The zero-order valence-corrected chi connectivity index (χ0v) is 18.1. The first-order valence-electron chi connectivity index (χ1n) is 10.5. The van der Waals surface area contributed by atoms with Crippen LogP contribution in [-0.4, -0.2) is 20.4 Å². The molecule has 1 amide bonds. The number of fused-ring (bicyclic) bond motifs is 2. The molecule has 1 aliphatic rings. The van der Waals surface area contributed by atoms with Gasteiger partial charge >= 0.3 is 0 Å². The Kier molecular flexibility index (Phi) is 5.23. The second-order valence-corrected chi connectivity index (χ2v) is 8.85. The average Bonchev–Trinajstić information content (AvgIpc) is 3.48. The molecule has 0 saturated heterocycles. The van der Waals surface area contributed by atoms with Crippen molar-refractivity contribution < 1.29 is 13.6 Å². The molecule has 0 radical (unpaired) electrons. The summed E-state index contributed by atoms with van der Waals surface area (Å²) in [5.74, 6) is 2.04. The molecule has 0 unspecified atom stereocenters. The normalized spacial score (nSPS) is 13.8. The van der Waals surface area contributed by atoms with Gasteiger partial charge in [-0.3, -0.25) is 14.2 Å². The van der Waals surface area contributed by atoms with E-state index in [0.29, 0.717) is 51.8 Å². The van der Waals surface area contributed by atoms with Gasteiger partial charge in [-0.2, -0.15) is 0 Å². The van der Waals surface area contributed by atoms with E-state index in [-0.39, 0.29) is 11.5 Å². The van der Waals surface area contributed by atoms with Crippen molar-refractivity contribution >= 4 is 27.5 Å². The Labute approximate surface area is 182 Å². The second-order valence-electron chi connectivity index (χ2n) is 7.85. The predicted molar refractivity (Wildman–Crippen MR) is 117 cm³/mol. The maximum absolute atomic E-state index is 13.6. The fraction of sp³-hybridized carbons (Fsp3) is 0.348. The maximum Gasteiger partial charge on any atom is 0.265 e. The summed E-state index contributed by atoms with van der Waals surface area (Å²) in [6.45, 7) is 3.15. The zero-order valence-electron chi connectivity index (χ0n) is 17.3. The van der Waals surface area contributed by atoms with Gasteiger partial charge in [-0.15, -0.1) is 11.3 Å². The molecule has 0 saturated carbocycles. The minimum Gasteiger partial charge on any atom is -0.467 e. The molecule has 5 rings (SSSR count). The van der Waals surface area contributed by atoms with Gasteiger partial charge in [0.15, 0.2) is 0 Å². The number of hydrogen-bond donors (Lipinski definition) is 0. The largest absolute Gasteiger partial charge is 0.467 e. The Balaban J connectivity index is 1.56. The Morgan fingerprint density at radius 3 is 2.48 bits per heavy atom. The van der Waals surface area contributed by atoms with E-state index >= 15 is 0 Å². The number of furan rings is 2. The van der Waals surface area contributed by atoms with Crippen LogP contribution in [0.1, 0.15) is 51.8 Å². The summed E-state index contributed by atoms with van der Waals surface area (Å²) < 4.78 is 12.7. The molecule has 5 heterocycles. The molecule has 0 N–H and O–H groups in total. The van der Waals surface area contributed by atoms with Crippen LogP contribution in [0.15, 0.2) is 50.4 Å². The summed E-state index contributed by atoms with van der Waals surface area (Å²) in [7, 11) is 0. The van der Waals surface area contributed by atoms with Crippen molar-refractivity contribution in [3.63, 3.8) is 0 Å². The van der Waals surface area contributed by atoms with Crippen molar-refractivity contribution in [2.24, 2.45) is 0 Å². The molecule has 0 aliphatic carbocycles. The van der Waals surface area contributed by atoms with E-state index < -0.39 is 0 Å². The molecule has 0 spiro atoms. The van der Waals surface area contributed by atoms with Gasteiger partial charge in [-0.1, -0.05) is 6.42 Å². The summed E-state index contributed by atoms with van der Waals surface area (Å²) in [6, 6.07) is 7.28. The van der Waals surface area contributed by atoms with Gasteiger partial charge in [0.05, 0.1) is 35.9 Å². The van der Waals surface area contributed by atoms with E-state index in [1.807, 2.05) is 19.1 Å². The molecule has 0 bridgehead atoms. The summed E-state index contributed by atoms with van der Waals surface area (Å²) in [5, 5.41) is 0.565. The third-order valence-electron chi connectivity index (χ3n) is 5.75. The first-order chi connectivity index (χ1) is 15.1. The van der Waals surface area contributed by atoms with Gasteiger partial charge in [0, 0.05) is 13.0 Å². The highest BCUT2D eigenvalue weighted by molar-refractivity contribution is 7.20. The van der Waals surface area contributed by atoms with Crippen molar-refractivity contribution in [1.29, 1.82) is 0 Å². The first kappa shape index (κ1) is 19.8. The fourth-order valence-corrected chi connectivity index (χ4v) is 5.30. The van der Waals surface area contributed by atoms with E-state index in [9.17, 15) is 9.59 Å². The number of hydrogen-bond acceptors (Lipinski definition) is 6. The van der Waals surface area contributed by atoms with Crippen molar-refractivity contribution in [1.82, 2.24) is 14.5 Å². The first-order valence-corrected chi connectivity index (χ1v) is 11.3. The molecule has 31 heavy (non-hydrogen) atoms. The lowest BCUT2D eigenvalue weighted by Crippen LogP contribution is -2.30. The molecular formula is C23H23N3O4S. The van der Waals surface area contributed by atoms with Gasteiger partial charge in [-0.25, -0.2) is 4.98 Å². The smallest absolute Gasteiger partial charge is 0.265 e. The lowest BCUT2D eigenvalue weighted by atomic mass is 10.2. The Hall–Kier alpha value is -3.13. The van der Waals surface area contributed by atoms with Gasteiger partial charge < -0.3 is 13.7 Å². The van der Waals surface area contributed by atoms with Crippen LogP contribution in [-0.2, 0) is 26.1 Å². The number of nitrogens with zero attached hydrogens (tertiary/aromatic N) is 3. The highest BCUT2D eigenvalue weighted by atomic mass is 32.1. The topological polar surface area (TPSA) is 81.5 Å². The number of carbonyl (C=O) groups excluding carboxylic acids is 1. The number of amides is 1. The van der Waals surface area contributed by atoms with Crippen LogP contribution >= 0.6 is 11.3 Å². The van der Waals surface area contributed by atoms with Gasteiger partial charge in [0.25, 0.3) is 11.5 Å².